The van der Waals surface area contributed by atoms with Crippen LogP contribution in [0.25, 0.3) is 27.9 Å². The Morgan fingerprint density at radius 3 is 2.57 bits per heavy atom. The lowest BCUT2D eigenvalue weighted by Gasteiger charge is -2.36. The summed E-state index contributed by atoms with van der Waals surface area (Å²) in [6, 6.07) is 16.7. The predicted molar refractivity (Wildman–Crippen MR) is 168 cm³/mol. The molecule has 5 N–H and O–H groups in total. The minimum Gasteiger partial charge on any atom is -0.368 e. The largest absolute Gasteiger partial charge is 0.368 e. The number of rotatable bonds is 4. The third-order valence-electron chi connectivity index (χ3n) is 9.31. The molecule has 0 aliphatic carbocycles. The fraction of sp³-hybridized carbons (Fsp3) is 0.364. The van der Waals surface area contributed by atoms with Gasteiger partial charge in [-0.2, -0.15) is 4.98 Å². The molecule has 0 spiro atoms. The molecule has 2 aromatic carbocycles. The maximum absolute atomic E-state index is 13.2. The minimum atomic E-state index is -0.111. The Hall–Kier alpha value is -4.21. The first kappa shape index (κ1) is 26.7. The molecule has 1 fully saturated rings. The van der Waals surface area contributed by atoms with Gasteiger partial charge in [-0.25, -0.2) is 9.78 Å². The molecule has 1 saturated heterocycles. The molecule has 7 rings (SSSR count). The van der Waals surface area contributed by atoms with Crippen molar-refractivity contribution in [2.24, 2.45) is 5.92 Å². The number of benzene rings is 2. The summed E-state index contributed by atoms with van der Waals surface area (Å²) in [5.74, 6) is 0.911. The number of anilines is 2. The van der Waals surface area contributed by atoms with Crippen molar-refractivity contribution in [1.29, 1.82) is 0 Å². The number of fused-ring (bicyclic) bond motifs is 2. The highest BCUT2D eigenvalue weighted by Crippen LogP contribution is 2.36. The zero-order valence-corrected chi connectivity index (χ0v) is 24.3. The van der Waals surface area contributed by atoms with E-state index in [1.54, 1.807) is 0 Å². The summed E-state index contributed by atoms with van der Waals surface area (Å²) in [5.41, 5.74) is 15.1. The molecule has 2 aromatic heterocycles. The van der Waals surface area contributed by atoms with Crippen LogP contribution in [0.1, 0.15) is 41.6 Å². The van der Waals surface area contributed by atoms with Crippen molar-refractivity contribution in [1.82, 2.24) is 30.1 Å². The first-order valence-electron chi connectivity index (χ1n) is 14.9. The lowest BCUT2D eigenvalue weighted by atomic mass is 9.84. The lowest BCUT2D eigenvalue weighted by Crippen LogP contribution is -2.44. The van der Waals surface area contributed by atoms with Gasteiger partial charge in [0.15, 0.2) is 0 Å². The zero-order valence-electron chi connectivity index (χ0n) is 24.3. The highest BCUT2D eigenvalue weighted by molar-refractivity contribution is 5.97. The van der Waals surface area contributed by atoms with E-state index in [1.165, 1.54) is 29.5 Å². The van der Waals surface area contributed by atoms with E-state index in [-0.39, 0.29) is 12.0 Å². The van der Waals surface area contributed by atoms with Crippen LogP contribution in [0.3, 0.4) is 0 Å². The van der Waals surface area contributed by atoms with Gasteiger partial charge in [-0.05, 0) is 86.6 Å². The Morgan fingerprint density at radius 2 is 1.81 bits per heavy atom. The van der Waals surface area contributed by atoms with Crippen molar-refractivity contribution in [3.8, 4) is 11.3 Å². The average Bonchev–Trinajstić information content (AvgIpc) is 3.63. The number of nitrogens with one attached hydrogen (secondary N) is 3. The van der Waals surface area contributed by atoms with Gasteiger partial charge in [0, 0.05) is 48.0 Å². The average molecular weight is 563 g/mol. The number of piperidine rings is 1. The minimum absolute atomic E-state index is 0.111. The molecule has 9 heteroatoms. The monoisotopic (exact) mass is 562 g/mol. The van der Waals surface area contributed by atoms with E-state index in [9.17, 15) is 4.79 Å². The van der Waals surface area contributed by atoms with Crippen LogP contribution < -0.4 is 16.4 Å². The Labute approximate surface area is 246 Å². The molecule has 3 aliphatic rings. The number of H-pyrrole nitrogens is 1. The molecule has 0 bridgehead atoms. The van der Waals surface area contributed by atoms with Gasteiger partial charge in [0.1, 0.15) is 5.65 Å². The summed E-state index contributed by atoms with van der Waals surface area (Å²) in [7, 11) is 2.21. The number of carbonyl (C=O) groups excluding carboxylic acids is 1. The number of urea groups is 1. The van der Waals surface area contributed by atoms with Gasteiger partial charge in [-0.15, -0.1) is 0 Å². The van der Waals surface area contributed by atoms with E-state index in [4.69, 9.17) is 10.7 Å². The third kappa shape index (κ3) is 5.03. The summed E-state index contributed by atoms with van der Waals surface area (Å²) in [4.78, 5) is 30.3. The predicted octanol–water partition coefficient (Wildman–Crippen LogP) is 5.15. The number of carbonyl (C=O) groups is 1. The van der Waals surface area contributed by atoms with E-state index in [0.717, 1.165) is 65.3 Å². The number of amides is 2. The maximum Gasteiger partial charge on any atom is 0.322 e. The van der Waals surface area contributed by atoms with Crippen LogP contribution >= 0.6 is 0 Å². The number of nitrogen functional groups attached to an aromatic ring is 1. The first-order valence-corrected chi connectivity index (χ1v) is 14.9. The molecule has 1 unspecified atom stereocenters. The molecule has 0 saturated carbocycles. The Bertz CT molecular complexity index is 1660. The van der Waals surface area contributed by atoms with Crippen LogP contribution in [-0.2, 0) is 13.1 Å². The molecule has 42 heavy (non-hydrogen) atoms. The molecule has 216 valence electrons. The molecule has 4 aromatic rings. The second-order valence-electron chi connectivity index (χ2n) is 12.0. The van der Waals surface area contributed by atoms with Gasteiger partial charge < -0.3 is 31.2 Å². The van der Waals surface area contributed by atoms with Gasteiger partial charge in [0.25, 0.3) is 0 Å². The summed E-state index contributed by atoms with van der Waals surface area (Å²) in [6.45, 7) is 6.43. The SMILES string of the molecule is Cc1c(NC(=O)N2Cc3ccccc3C2)cccc1-c1nc(N)nc2[nH]c(C3=CCNC(C4CCN(C)CC4)C3)cc12. The van der Waals surface area contributed by atoms with Crippen molar-refractivity contribution in [2.75, 3.05) is 37.7 Å². The zero-order chi connectivity index (χ0) is 28.8. The van der Waals surface area contributed by atoms with Crippen LogP contribution in [0.2, 0.25) is 0 Å². The number of aromatic amines is 1. The van der Waals surface area contributed by atoms with Gasteiger partial charge in [0.05, 0.1) is 5.69 Å². The highest BCUT2D eigenvalue weighted by atomic mass is 16.2. The lowest BCUT2D eigenvalue weighted by molar-refractivity contribution is 0.186. The Balaban J connectivity index is 1.15. The summed E-state index contributed by atoms with van der Waals surface area (Å²) in [5, 5.41) is 7.81. The number of hydrogen-bond donors (Lipinski definition) is 4. The molecule has 1 atom stereocenters. The number of nitrogens with two attached hydrogens (primary N) is 1. The smallest absolute Gasteiger partial charge is 0.322 e. The topological polar surface area (TPSA) is 115 Å². The summed E-state index contributed by atoms with van der Waals surface area (Å²) < 4.78 is 0. The van der Waals surface area contributed by atoms with Crippen LogP contribution in [0, 0.1) is 12.8 Å². The number of aromatic nitrogens is 3. The van der Waals surface area contributed by atoms with Gasteiger partial charge >= 0.3 is 6.03 Å². The third-order valence-corrected chi connectivity index (χ3v) is 9.31. The molecular formula is C33H38N8O. The van der Waals surface area contributed by atoms with Crippen molar-refractivity contribution in [3.05, 3.63) is 77.0 Å². The van der Waals surface area contributed by atoms with E-state index in [2.05, 4.69) is 56.8 Å². The molecule has 9 nitrogen and oxygen atoms in total. The molecule has 3 aliphatic heterocycles. The summed E-state index contributed by atoms with van der Waals surface area (Å²) >= 11 is 0. The molecule has 2 amide bonds. The number of hydrogen-bond acceptors (Lipinski definition) is 6. The molecular weight excluding hydrogens is 524 g/mol. The second kappa shape index (κ2) is 10.9. The van der Waals surface area contributed by atoms with Crippen LogP contribution in [0.5, 0.6) is 0 Å². The van der Waals surface area contributed by atoms with Crippen molar-refractivity contribution in [2.45, 2.75) is 45.3 Å². The normalized spacial score (nSPS) is 19.6. The van der Waals surface area contributed by atoms with Crippen LogP contribution in [-0.4, -0.2) is 63.5 Å². The van der Waals surface area contributed by atoms with Gasteiger partial charge in [-0.1, -0.05) is 42.5 Å². The van der Waals surface area contributed by atoms with E-state index in [1.807, 2.05) is 42.2 Å². The van der Waals surface area contributed by atoms with Gasteiger partial charge in [0.2, 0.25) is 5.95 Å². The Morgan fingerprint density at radius 1 is 1.05 bits per heavy atom. The fourth-order valence-electron chi connectivity index (χ4n) is 6.81. The summed E-state index contributed by atoms with van der Waals surface area (Å²) in [6.07, 6.45) is 5.74. The number of likely N-dealkylation sites (tertiary alicyclic amines) is 1. The molecule has 5 heterocycles. The van der Waals surface area contributed by atoms with Gasteiger partial charge in [-0.3, -0.25) is 0 Å². The van der Waals surface area contributed by atoms with E-state index < -0.39 is 0 Å². The number of nitrogens with zero attached hydrogens (tertiary/aromatic N) is 4. The van der Waals surface area contributed by atoms with E-state index in [0.29, 0.717) is 25.0 Å². The first-order chi connectivity index (χ1) is 20.4. The van der Waals surface area contributed by atoms with Crippen molar-refractivity contribution in [3.63, 3.8) is 0 Å². The fourth-order valence-corrected chi connectivity index (χ4v) is 6.81. The Kier molecular flexibility index (Phi) is 6.91. The van der Waals surface area contributed by atoms with Crippen LogP contribution in [0.15, 0.2) is 54.6 Å². The quantitative estimate of drug-likeness (QED) is 0.274. The standard InChI is InChI=1S/C33H38N8O/c1-20-25(8-5-9-27(20)37-33(42)41-18-23-6-3-4-7-24(23)19-41)30-26-17-29(36-31(26)39-32(34)38-30)22-10-13-35-28(16-22)21-11-14-40(2)15-12-21/h3-10,17,21,28,35H,11-16,18-19H2,1-2H3,(H,37,42)(H3,34,36,38,39). The molecule has 0 radical (unpaired) electrons. The highest BCUT2D eigenvalue weighted by Gasteiger charge is 2.29. The van der Waals surface area contributed by atoms with Crippen molar-refractivity contribution < 1.29 is 4.79 Å². The second-order valence-corrected chi connectivity index (χ2v) is 12.0. The maximum atomic E-state index is 13.2. The van der Waals surface area contributed by atoms with E-state index >= 15 is 0 Å². The van der Waals surface area contributed by atoms with Crippen LogP contribution in [0.4, 0.5) is 16.4 Å². The van der Waals surface area contributed by atoms with Crippen molar-refractivity contribution >= 4 is 34.3 Å².